The quantitative estimate of drug-likeness (QED) is 0.404. The molecule has 2 atom stereocenters. The summed E-state index contributed by atoms with van der Waals surface area (Å²) in [5.74, 6) is -2.36. The summed E-state index contributed by atoms with van der Waals surface area (Å²) >= 11 is 5.88. The van der Waals surface area contributed by atoms with Crippen LogP contribution in [0.15, 0.2) is 67.0 Å². The summed E-state index contributed by atoms with van der Waals surface area (Å²) in [6.45, 7) is 1.42. The number of ether oxygens (including phenoxy) is 2. The van der Waals surface area contributed by atoms with E-state index in [0.717, 1.165) is 22.8 Å². The highest BCUT2D eigenvalue weighted by atomic mass is 35.5. The maximum absolute atomic E-state index is 12.7. The molecule has 33 heavy (non-hydrogen) atoms. The van der Waals surface area contributed by atoms with Crippen LogP contribution in [0.4, 0.5) is 13.2 Å². The van der Waals surface area contributed by atoms with Crippen molar-refractivity contribution in [2.75, 3.05) is 0 Å². The fourth-order valence-electron chi connectivity index (χ4n) is 2.84. The van der Waals surface area contributed by atoms with Crippen molar-refractivity contribution in [2.24, 2.45) is 5.92 Å². The minimum absolute atomic E-state index is 0.0299. The molecule has 0 saturated heterocycles. The number of rotatable bonds is 7. The fourth-order valence-corrected chi connectivity index (χ4v) is 3.06. The van der Waals surface area contributed by atoms with E-state index in [4.69, 9.17) is 21.1 Å². The van der Waals surface area contributed by atoms with Crippen LogP contribution in [-0.4, -0.2) is 22.4 Å². The molecule has 0 spiro atoms. The number of benzene rings is 2. The van der Waals surface area contributed by atoms with Crippen LogP contribution < -0.4 is 9.47 Å². The molecule has 0 saturated carbocycles. The second-order valence-corrected chi connectivity index (χ2v) is 7.28. The van der Waals surface area contributed by atoms with Gasteiger partial charge in [0, 0.05) is 12.4 Å². The smallest absolute Gasteiger partial charge is 0.416 e. The highest BCUT2D eigenvalue weighted by molar-refractivity contribution is 6.32. The monoisotopic (exact) mass is 476 g/mol. The molecule has 1 heterocycles. The minimum atomic E-state index is -4.52. The van der Waals surface area contributed by atoms with Crippen LogP contribution >= 0.6 is 11.6 Å². The third-order valence-corrected chi connectivity index (χ3v) is 4.84. The van der Waals surface area contributed by atoms with Gasteiger partial charge in [0.15, 0.2) is 17.8 Å². The highest BCUT2D eigenvalue weighted by Gasteiger charge is 2.32. The third-order valence-electron chi connectivity index (χ3n) is 4.54. The van der Waals surface area contributed by atoms with E-state index in [9.17, 15) is 28.0 Å². The largest absolute Gasteiger partial charge is 0.483 e. The molecule has 2 aromatic carbocycles. The molecular weight excluding hydrogens is 461 g/mol. The first-order valence-corrected chi connectivity index (χ1v) is 9.90. The molecule has 2 unspecified atom stereocenters. The molecule has 3 aromatic rings. The highest BCUT2D eigenvalue weighted by Crippen LogP contribution is 2.36. The van der Waals surface area contributed by atoms with E-state index in [0.29, 0.717) is 0 Å². The second kappa shape index (κ2) is 9.79. The topological polar surface area (TPSA) is 81.3 Å². The molecule has 0 amide bonds. The number of alkyl halides is 3. The van der Waals surface area contributed by atoms with Crippen LogP contribution in [0.2, 0.25) is 5.02 Å². The molecule has 6 nitrogen and oxygen atoms in total. The molecule has 0 aliphatic carbocycles. The number of halogens is 4. The summed E-state index contributed by atoms with van der Waals surface area (Å²) in [6, 6.07) is 13.5. The van der Waals surface area contributed by atoms with Gasteiger partial charge in [-0.3, -0.25) is 14.2 Å². The number of hydrogen-bond donors (Lipinski definition) is 0. The third kappa shape index (κ3) is 5.73. The Bertz CT molecular complexity index is 1190. The van der Waals surface area contributed by atoms with E-state index < -0.39 is 35.5 Å². The Morgan fingerprint density at radius 3 is 2.21 bits per heavy atom. The van der Waals surface area contributed by atoms with Crippen molar-refractivity contribution in [3.63, 3.8) is 0 Å². The lowest BCUT2D eigenvalue weighted by atomic mass is 10.0. The van der Waals surface area contributed by atoms with E-state index >= 15 is 0 Å². The van der Waals surface area contributed by atoms with Gasteiger partial charge in [0.2, 0.25) is 0 Å². The van der Waals surface area contributed by atoms with Gasteiger partial charge in [-0.15, -0.1) is 0 Å². The first kappa shape index (κ1) is 23.9. The summed E-state index contributed by atoms with van der Waals surface area (Å²) < 4.78 is 50.4. The zero-order valence-electron chi connectivity index (χ0n) is 17.0. The molecular formula is C23H16ClF3N2O4. The lowest BCUT2D eigenvalue weighted by Gasteiger charge is -2.17. The molecule has 3 rings (SSSR count). The Hall–Kier alpha value is -3.77. The van der Waals surface area contributed by atoms with Crippen molar-refractivity contribution < 1.29 is 32.2 Å². The molecule has 1 aromatic heterocycles. The van der Waals surface area contributed by atoms with Gasteiger partial charge in [-0.05, 0) is 61.5 Å². The number of carbonyl (C=O) groups excluding carboxylic acids is 2. The van der Waals surface area contributed by atoms with Crippen molar-refractivity contribution in [3.05, 3.63) is 77.6 Å². The van der Waals surface area contributed by atoms with Gasteiger partial charge in [-0.1, -0.05) is 11.6 Å². The molecule has 170 valence electrons. The number of aromatic nitrogens is 1. The van der Waals surface area contributed by atoms with E-state index in [2.05, 4.69) is 0 Å². The van der Waals surface area contributed by atoms with Crippen molar-refractivity contribution in [1.82, 2.24) is 4.57 Å². The maximum atomic E-state index is 12.7. The summed E-state index contributed by atoms with van der Waals surface area (Å²) in [4.78, 5) is 24.9. The summed E-state index contributed by atoms with van der Waals surface area (Å²) in [5.41, 5.74) is -0.895. The van der Waals surface area contributed by atoms with Crippen molar-refractivity contribution in [3.8, 4) is 23.3 Å². The molecule has 0 fully saturated rings. The van der Waals surface area contributed by atoms with Crippen LogP contribution in [-0.2, 0) is 11.0 Å². The Morgan fingerprint density at radius 2 is 1.67 bits per heavy atom. The number of hydrogen-bond acceptors (Lipinski definition) is 5. The average molecular weight is 477 g/mol. The van der Waals surface area contributed by atoms with Gasteiger partial charge in [-0.2, -0.15) is 18.4 Å². The lowest BCUT2D eigenvalue weighted by molar-refractivity contribution is -0.137. The number of ketones is 1. The standard InChI is InChI=1S/C23H16ClF3N2O4/c1-14(21(30)18(13-28)22(31)29-10-2-3-11-29)32-16-5-7-17(8-6-16)33-20-9-4-15(12-19(20)24)23(25,26)27/h2-12,14,18H,1H3. The Labute approximate surface area is 191 Å². The van der Waals surface area contributed by atoms with E-state index in [1.54, 1.807) is 18.2 Å². The summed E-state index contributed by atoms with van der Waals surface area (Å²) in [6.07, 6.45) is -2.74. The van der Waals surface area contributed by atoms with Gasteiger partial charge in [-0.25, -0.2) is 0 Å². The Balaban J connectivity index is 1.65. The lowest BCUT2D eigenvalue weighted by Crippen LogP contribution is -2.36. The van der Waals surface area contributed by atoms with Gasteiger partial charge in [0.1, 0.15) is 17.2 Å². The van der Waals surface area contributed by atoms with Crippen LogP contribution in [0.1, 0.15) is 17.3 Å². The Kier molecular flexibility index (Phi) is 7.09. The molecule has 0 radical (unpaired) electrons. The molecule has 0 aliphatic rings. The predicted octanol–water partition coefficient (Wildman–Crippen LogP) is 5.77. The average Bonchev–Trinajstić information content (AvgIpc) is 3.31. The van der Waals surface area contributed by atoms with Gasteiger partial charge in [0.25, 0.3) is 5.91 Å². The number of carbonyl (C=O) groups is 2. The SMILES string of the molecule is CC(Oc1ccc(Oc2ccc(C(F)(F)F)cc2Cl)cc1)C(=O)C(C#N)C(=O)n1cccc1. The zero-order valence-corrected chi connectivity index (χ0v) is 17.8. The van der Waals surface area contributed by atoms with Gasteiger partial charge in [0.05, 0.1) is 16.7 Å². The fraction of sp³-hybridized carbons (Fsp3) is 0.174. The predicted molar refractivity (Wildman–Crippen MR) is 112 cm³/mol. The number of Topliss-reactive ketones (excluding diaryl/α,β-unsaturated/α-hetero) is 1. The van der Waals surface area contributed by atoms with Crippen LogP contribution in [0.25, 0.3) is 0 Å². The van der Waals surface area contributed by atoms with Crippen LogP contribution in [0.3, 0.4) is 0 Å². The van der Waals surface area contributed by atoms with Crippen molar-refractivity contribution >= 4 is 23.3 Å². The zero-order chi connectivity index (χ0) is 24.2. The van der Waals surface area contributed by atoms with Gasteiger partial charge < -0.3 is 9.47 Å². The van der Waals surface area contributed by atoms with Crippen LogP contribution in [0.5, 0.6) is 17.2 Å². The maximum Gasteiger partial charge on any atom is 0.416 e. The normalized spacial score (nSPS) is 13.0. The van der Waals surface area contributed by atoms with Crippen LogP contribution in [0, 0.1) is 17.2 Å². The Morgan fingerprint density at radius 1 is 1.06 bits per heavy atom. The van der Waals surface area contributed by atoms with E-state index in [1.807, 2.05) is 0 Å². The molecule has 10 heteroatoms. The van der Waals surface area contributed by atoms with Crippen molar-refractivity contribution in [1.29, 1.82) is 5.26 Å². The summed E-state index contributed by atoms with van der Waals surface area (Å²) in [5, 5.41) is 9.08. The number of nitrogens with zero attached hydrogens (tertiary/aromatic N) is 2. The molecule has 0 bridgehead atoms. The minimum Gasteiger partial charge on any atom is -0.483 e. The molecule has 0 aliphatic heterocycles. The number of nitriles is 1. The summed E-state index contributed by atoms with van der Waals surface area (Å²) in [7, 11) is 0. The van der Waals surface area contributed by atoms with E-state index in [-0.39, 0.29) is 22.3 Å². The molecule has 0 N–H and O–H groups in total. The second-order valence-electron chi connectivity index (χ2n) is 6.87. The first-order valence-electron chi connectivity index (χ1n) is 9.52. The van der Waals surface area contributed by atoms with Crippen molar-refractivity contribution in [2.45, 2.75) is 19.2 Å². The first-order chi connectivity index (χ1) is 15.6. The van der Waals surface area contributed by atoms with E-state index in [1.165, 1.54) is 43.6 Å². The van der Waals surface area contributed by atoms with Gasteiger partial charge >= 0.3 is 6.18 Å².